The predicted molar refractivity (Wildman–Crippen MR) is 106 cm³/mol. The molecule has 0 heterocycles. The summed E-state index contributed by atoms with van der Waals surface area (Å²) in [6.07, 6.45) is 14.8. The van der Waals surface area contributed by atoms with Gasteiger partial charge in [-0.1, -0.05) is 45.6 Å². The number of rotatable bonds is 4. The van der Waals surface area contributed by atoms with E-state index in [2.05, 4.69) is 20.8 Å². The number of unbranched alkanes of at least 4 members (excludes halogenated alkanes) is 2. The molecule has 4 aliphatic carbocycles. The molecule has 26 heavy (non-hydrogen) atoms. The zero-order valence-electron chi connectivity index (χ0n) is 17.1. The number of allylic oxidation sites excluding steroid dienone is 1. The molecular formula is C24H38O2. The number of aliphatic hydroxyl groups excluding tert-OH is 1. The molecule has 0 amide bonds. The SMILES string of the molecule is CCCCCC1CC2=CC(=O)CC[C@]2(C)C2CC[C@@]3(C)C(CC[C@@H]3O)[C@H]12. The highest BCUT2D eigenvalue weighted by molar-refractivity contribution is 5.91. The number of aliphatic hydroxyl groups is 1. The molecule has 0 saturated heterocycles. The number of hydrogen-bond acceptors (Lipinski definition) is 2. The lowest BCUT2D eigenvalue weighted by Crippen LogP contribution is -2.54. The van der Waals surface area contributed by atoms with Gasteiger partial charge in [-0.2, -0.15) is 0 Å². The van der Waals surface area contributed by atoms with Crippen LogP contribution in [0.15, 0.2) is 11.6 Å². The standard InChI is InChI=1S/C24H38O2/c1-4-5-6-7-16-14-17-15-18(25)10-12-23(17,2)20-11-13-24(3)19(22(16)20)8-9-21(24)26/h15-16,19-22,26H,4-14H2,1-3H3/t16?,19?,20?,21-,22-,23-,24-/m0/s1. The predicted octanol–water partition coefficient (Wildman–Crippen LogP) is 5.69. The summed E-state index contributed by atoms with van der Waals surface area (Å²) in [5, 5.41) is 10.7. The summed E-state index contributed by atoms with van der Waals surface area (Å²) in [5.74, 6) is 3.27. The fourth-order valence-electron chi connectivity index (χ4n) is 7.63. The van der Waals surface area contributed by atoms with Crippen LogP contribution in [0.25, 0.3) is 0 Å². The molecule has 0 spiro atoms. The van der Waals surface area contributed by atoms with E-state index in [0.717, 1.165) is 43.4 Å². The molecule has 0 aliphatic heterocycles. The monoisotopic (exact) mass is 358 g/mol. The molecular weight excluding hydrogens is 320 g/mol. The van der Waals surface area contributed by atoms with Gasteiger partial charge < -0.3 is 5.11 Å². The molecule has 0 radical (unpaired) electrons. The van der Waals surface area contributed by atoms with E-state index in [0.29, 0.717) is 11.7 Å². The van der Waals surface area contributed by atoms with Gasteiger partial charge in [0.1, 0.15) is 0 Å². The minimum absolute atomic E-state index is 0.0950. The Morgan fingerprint density at radius 2 is 1.92 bits per heavy atom. The van der Waals surface area contributed by atoms with E-state index in [4.69, 9.17) is 0 Å². The van der Waals surface area contributed by atoms with Gasteiger partial charge in [0, 0.05) is 6.42 Å². The van der Waals surface area contributed by atoms with Crippen LogP contribution in [0.4, 0.5) is 0 Å². The fraction of sp³-hybridized carbons (Fsp3) is 0.875. The normalized spacial score (nSPS) is 47.8. The van der Waals surface area contributed by atoms with Crippen LogP contribution >= 0.6 is 0 Å². The van der Waals surface area contributed by atoms with Crippen molar-refractivity contribution in [1.82, 2.24) is 0 Å². The molecule has 1 N–H and O–H groups in total. The highest BCUT2D eigenvalue weighted by Gasteiger charge is 2.60. The number of carbonyl (C=O) groups is 1. The van der Waals surface area contributed by atoms with Crippen LogP contribution in [0.1, 0.15) is 91.4 Å². The lowest BCUT2D eigenvalue weighted by Gasteiger charge is -2.60. The molecule has 0 aromatic heterocycles. The Kier molecular flexibility index (Phi) is 4.87. The van der Waals surface area contributed by atoms with Crippen LogP contribution in [0.2, 0.25) is 0 Å². The number of hydrogen-bond donors (Lipinski definition) is 1. The Hall–Kier alpha value is -0.630. The first-order valence-corrected chi connectivity index (χ1v) is 11.3. The fourth-order valence-corrected chi connectivity index (χ4v) is 7.63. The second-order valence-electron chi connectivity index (χ2n) is 10.4. The van der Waals surface area contributed by atoms with Crippen molar-refractivity contribution < 1.29 is 9.90 Å². The van der Waals surface area contributed by atoms with Crippen molar-refractivity contribution >= 4 is 5.78 Å². The van der Waals surface area contributed by atoms with E-state index < -0.39 is 0 Å². The Balaban J connectivity index is 1.69. The number of fused-ring (bicyclic) bond motifs is 5. The topological polar surface area (TPSA) is 37.3 Å². The van der Waals surface area contributed by atoms with E-state index in [9.17, 15) is 9.90 Å². The molecule has 2 nitrogen and oxygen atoms in total. The maximum atomic E-state index is 12.2. The van der Waals surface area contributed by atoms with Crippen molar-refractivity contribution in [3.8, 4) is 0 Å². The van der Waals surface area contributed by atoms with Crippen LogP contribution in [-0.2, 0) is 4.79 Å². The lowest BCUT2D eigenvalue weighted by molar-refractivity contribution is -0.120. The third-order valence-electron chi connectivity index (χ3n) is 9.27. The highest BCUT2D eigenvalue weighted by Crippen LogP contribution is 2.67. The van der Waals surface area contributed by atoms with Crippen molar-refractivity contribution in [3.05, 3.63) is 11.6 Å². The third kappa shape index (κ3) is 2.74. The van der Waals surface area contributed by atoms with E-state index in [1.165, 1.54) is 50.5 Å². The van der Waals surface area contributed by atoms with Crippen LogP contribution in [0.5, 0.6) is 0 Å². The summed E-state index contributed by atoms with van der Waals surface area (Å²) in [7, 11) is 0. The smallest absolute Gasteiger partial charge is 0.155 e. The molecule has 7 atom stereocenters. The second kappa shape index (κ2) is 6.76. The summed E-state index contributed by atoms with van der Waals surface area (Å²) in [4.78, 5) is 12.2. The molecule has 0 aromatic rings. The zero-order chi connectivity index (χ0) is 18.5. The first kappa shape index (κ1) is 18.7. The van der Waals surface area contributed by atoms with Gasteiger partial charge in [0.25, 0.3) is 0 Å². The van der Waals surface area contributed by atoms with Gasteiger partial charge in [0.2, 0.25) is 0 Å². The lowest BCUT2D eigenvalue weighted by atomic mass is 9.44. The van der Waals surface area contributed by atoms with E-state index in [1.54, 1.807) is 0 Å². The van der Waals surface area contributed by atoms with E-state index in [1.807, 2.05) is 6.08 Å². The average molecular weight is 359 g/mol. The second-order valence-corrected chi connectivity index (χ2v) is 10.4. The van der Waals surface area contributed by atoms with E-state index >= 15 is 0 Å². The summed E-state index contributed by atoms with van der Waals surface area (Å²) >= 11 is 0. The van der Waals surface area contributed by atoms with Crippen molar-refractivity contribution in [1.29, 1.82) is 0 Å². The van der Waals surface area contributed by atoms with Crippen LogP contribution in [0.3, 0.4) is 0 Å². The van der Waals surface area contributed by atoms with Gasteiger partial charge in [-0.15, -0.1) is 0 Å². The van der Waals surface area contributed by atoms with Gasteiger partial charge >= 0.3 is 0 Å². The zero-order valence-corrected chi connectivity index (χ0v) is 17.1. The minimum Gasteiger partial charge on any atom is -0.393 e. The quantitative estimate of drug-likeness (QED) is 0.656. The third-order valence-corrected chi connectivity index (χ3v) is 9.27. The van der Waals surface area contributed by atoms with Crippen molar-refractivity contribution in [2.24, 2.45) is 34.5 Å². The van der Waals surface area contributed by atoms with Crippen molar-refractivity contribution in [2.45, 2.75) is 97.5 Å². The molecule has 0 aromatic carbocycles. The Morgan fingerprint density at radius 1 is 1.12 bits per heavy atom. The number of carbonyl (C=O) groups excluding carboxylic acids is 1. The minimum atomic E-state index is -0.0950. The van der Waals surface area contributed by atoms with Crippen LogP contribution in [-0.4, -0.2) is 17.0 Å². The summed E-state index contributed by atoms with van der Waals surface area (Å²) < 4.78 is 0. The molecule has 146 valence electrons. The highest BCUT2D eigenvalue weighted by atomic mass is 16.3. The summed E-state index contributed by atoms with van der Waals surface area (Å²) in [5.41, 5.74) is 1.87. The number of ketones is 1. The molecule has 3 unspecified atom stereocenters. The Labute approximate surface area is 159 Å². The maximum Gasteiger partial charge on any atom is 0.155 e. The Bertz CT molecular complexity index is 593. The van der Waals surface area contributed by atoms with Gasteiger partial charge in [-0.3, -0.25) is 4.79 Å². The largest absolute Gasteiger partial charge is 0.393 e. The van der Waals surface area contributed by atoms with Gasteiger partial charge in [0.15, 0.2) is 5.78 Å². The van der Waals surface area contributed by atoms with Gasteiger partial charge in [0.05, 0.1) is 6.10 Å². The molecule has 3 saturated carbocycles. The van der Waals surface area contributed by atoms with Gasteiger partial charge in [-0.25, -0.2) is 0 Å². The first-order chi connectivity index (χ1) is 12.4. The van der Waals surface area contributed by atoms with Crippen LogP contribution in [0, 0.1) is 34.5 Å². The van der Waals surface area contributed by atoms with Crippen molar-refractivity contribution in [2.75, 3.05) is 0 Å². The average Bonchev–Trinajstić information content (AvgIpc) is 2.91. The molecule has 4 rings (SSSR count). The summed E-state index contributed by atoms with van der Waals surface area (Å²) in [6.45, 7) is 7.14. The molecule has 3 fully saturated rings. The Morgan fingerprint density at radius 3 is 2.69 bits per heavy atom. The molecule has 0 bridgehead atoms. The van der Waals surface area contributed by atoms with Gasteiger partial charge in [-0.05, 0) is 85.5 Å². The molecule has 4 aliphatic rings. The van der Waals surface area contributed by atoms with E-state index in [-0.39, 0.29) is 16.9 Å². The maximum absolute atomic E-state index is 12.2. The van der Waals surface area contributed by atoms with Crippen LogP contribution < -0.4 is 0 Å². The molecule has 2 heteroatoms. The van der Waals surface area contributed by atoms with Crippen molar-refractivity contribution in [3.63, 3.8) is 0 Å². The summed E-state index contributed by atoms with van der Waals surface area (Å²) in [6, 6.07) is 0. The first-order valence-electron chi connectivity index (χ1n) is 11.3.